The zero-order chi connectivity index (χ0) is 13.8. The molecule has 0 aliphatic rings. The van der Waals surface area contributed by atoms with Crippen molar-refractivity contribution in [2.24, 2.45) is 5.92 Å². The fourth-order valence-corrected chi connectivity index (χ4v) is 2.06. The first-order valence-electron chi connectivity index (χ1n) is 6.67. The van der Waals surface area contributed by atoms with Crippen LogP contribution in [0, 0.1) is 5.92 Å². The summed E-state index contributed by atoms with van der Waals surface area (Å²) in [6.07, 6.45) is 1.89. The largest absolute Gasteiger partial charge is 0.493 e. The Balaban J connectivity index is 2.38. The highest BCUT2D eigenvalue weighted by atomic mass is 16.5. The summed E-state index contributed by atoms with van der Waals surface area (Å²) in [5.41, 5.74) is 8.51. The van der Waals surface area contributed by atoms with E-state index in [1.807, 2.05) is 42.1 Å². The molecule has 0 saturated heterocycles. The zero-order valence-corrected chi connectivity index (χ0v) is 11.8. The van der Waals surface area contributed by atoms with Crippen LogP contribution in [0.3, 0.4) is 0 Å². The molecule has 0 bridgehead atoms. The maximum absolute atomic E-state index is 6.08. The Morgan fingerprint density at radius 1 is 1.32 bits per heavy atom. The van der Waals surface area contributed by atoms with Crippen molar-refractivity contribution in [2.75, 3.05) is 12.3 Å². The molecule has 0 spiro atoms. The SMILES string of the molecule is CCOc1ccccc1-c1nn(CC(C)C)cc1N. The standard InChI is InChI=1S/C15H21N3O/c1-4-19-14-8-6-5-7-12(14)15-13(16)10-18(17-15)9-11(2)3/h5-8,10-11H,4,9,16H2,1-3H3. The Kier molecular flexibility index (Phi) is 4.10. The second-order valence-corrected chi connectivity index (χ2v) is 4.98. The van der Waals surface area contributed by atoms with Gasteiger partial charge in [-0.1, -0.05) is 26.0 Å². The molecule has 102 valence electrons. The van der Waals surface area contributed by atoms with Crippen LogP contribution in [0.15, 0.2) is 30.5 Å². The molecule has 0 saturated carbocycles. The molecule has 0 aliphatic carbocycles. The second kappa shape index (κ2) is 5.78. The van der Waals surface area contributed by atoms with Gasteiger partial charge in [0.15, 0.2) is 0 Å². The van der Waals surface area contributed by atoms with E-state index in [1.54, 1.807) is 0 Å². The van der Waals surface area contributed by atoms with Gasteiger partial charge in [0.05, 0.1) is 12.3 Å². The Morgan fingerprint density at radius 2 is 2.05 bits per heavy atom. The Labute approximate surface area is 114 Å². The van der Waals surface area contributed by atoms with Gasteiger partial charge in [0.25, 0.3) is 0 Å². The number of hydrogen-bond acceptors (Lipinski definition) is 3. The van der Waals surface area contributed by atoms with E-state index in [2.05, 4.69) is 18.9 Å². The van der Waals surface area contributed by atoms with Gasteiger partial charge in [-0.3, -0.25) is 4.68 Å². The number of aromatic nitrogens is 2. The van der Waals surface area contributed by atoms with Gasteiger partial charge < -0.3 is 10.5 Å². The minimum absolute atomic E-state index is 0.536. The number of nitrogens with two attached hydrogens (primary N) is 1. The molecule has 2 aromatic rings. The number of para-hydroxylation sites is 1. The van der Waals surface area contributed by atoms with E-state index in [0.717, 1.165) is 23.6 Å². The van der Waals surface area contributed by atoms with Gasteiger partial charge in [0.1, 0.15) is 11.4 Å². The van der Waals surface area contributed by atoms with Crippen LogP contribution in [0.1, 0.15) is 20.8 Å². The number of ether oxygens (including phenoxy) is 1. The molecule has 0 unspecified atom stereocenters. The van der Waals surface area contributed by atoms with Gasteiger partial charge in [-0.2, -0.15) is 5.10 Å². The Bertz CT molecular complexity index is 546. The van der Waals surface area contributed by atoms with E-state index in [1.165, 1.54) is 0 Å². The highest BCUT2D eigenvalue weighted by molar-refractivity contribution is 5.76. The lowest BCUT2D eigenvalue weighted by Crippen LogP contribution is -2.04. The van der Waals surface area contributed by atoms with E-state index in [-0.39, 0.29) is 0 Å². The average molecular weight is 259 g/mol. The van der Waals surface area contributed by atoms with Crippen molar-refractivity contribution < 1.29 is 4.74 Å². The van der Waals surface area contributed by atoms with Crippen LogP contribution in [0.4, 0.5) is 5.69 Å². The molecule has 2 rings (SSSR count). The monoisotopic (exact) mass is 259 g/mol. The van der Waals surface area contributed by atoms with Crippen LogP contribution < -0.4 is 10.5 Å². The fourth-order valence-electron chi connectivity index (χ4n) is 2.06. The van der Waals surface area contributed by atoms with Gasteiger partial charge in [0.2, 0.25) is 0 Å². The molecule has 1 heterocycles. The number of hydrogen-bond donors (Lipinski definition) is 1. The van der Waals surface area contributed by atoms with Crippen LogP contribution in [0.2, 0.25) is 0 Å². The molecule has 1 aromatic heterocycles. The Morgan fingerprint density at radius 3 is 2.74 bits per heavy atom. The van der Waals surface area contributed by atoms with Gasteiger partial charge >= 0.3 is 0 Å². The minimum Gasteiger partial charge on any atom is -0.493 e. The first-order chi connectivity index (χ1) is 9.11. The Hall–Kier alpha value is -1.97. The van der Waals surface area contributed by atoms with Crippen LogP contribution in [0.25, 0.3) is 11.3 Å². The molecule has 4 nitrogen and oxygen atoms in total. The van der Waals surface area contributed by atoms with Gasteiger partial charge in [-0.15, -0.1) is 0 Å². The molecule has 0 fully saturated rings. The number of rotatable bonds is 5. The van der Waals surface area contributed by atoms with E-state index < -0.39 is 0 Å². The van der Waals surface area contributed by atoms with Crippen molar-refractivity contribution in [2.45, 2.75) is 27.3 Å². The molecule has 4 heteroatoms. The van der Waals surface area contributed by atoms with Crippen molar-refractivity contribution in [1.82, 2.24) is 9.78 Å². The molecule has 0 amide bonds. The number of anilines is 1. The van der Waals surface area contributed by atoms with E-state index in [9.17, 15) is 0 Å². The van der Waals surface area contributed by atoms with Crippen LogP contribution >= 0.6 is 0 Å². The number of benzene rings is 1. The molecule has 0 radical (unpaired) electrons. The summed E-state index contributed by atoms with van der Waals surface area (Å²) in [5, 5.41) is 4.57. The fraction of sp³-hybridized carbons (Fsp3) is 0.400. The first kappa shape index (κ1) is 13.5. The second-order valence-electron chi connectivity index (χ2n) is 4.98. The maximum atomic E-state index is 6.08. The van der Waals surface area contributed by atoms with Crippen molar-refractivity contribution in [1.29, 1.82) is 0 Å². The highest BCUT2D eigenvalue weighted by Crippen LogP contribution is 2.32. The van der Waals surface area contributed by atoms with Crippen molar-refractivity contribution in [3.8, 4) is 17.0 Å². The summed E-state index contributed by atoms with van der Waals surface area (Å²) >= 11 is 0. The van der Waals surface area contributed by atoms with Crippen LogP contribution in [-0.2, 0) is 6.54 Å². The number of nitrogens with zero attached hydrogens (tertiary/aromatic N) is 2. The molecule has 0 atom stereocenters. The third kappa shape index (κ3) is 3.08. The summed E-state index contributed by atoms with van der Waals surface area (Å²) in [7, 11) is 0. The highest BCUT2D eigenvalue weighted by Gasteiger charge is 2.13. The lowest BCUT2D eigenvalue weighted by Gasteiger charge is -2.08. The first-order valence-corrected chi connectivity index (χ1v) is 6.67. The summed E-state index contributed by atoms with van der Waals surface area (Å²) in [5.74, 6) is 1.36. The predicted molar refractivity (Wildman–Crippen MR) is 78.1 cm³/mol. The summed E-state index contributed by atoms with van der Waals surface area (Å²) < 4.78 is 7.53. The lowest BCUT2D eigenvalue weighted by molar-refractivity contribution is 0.341. The zero-order valence-electron chi connectivity index (χ0n) is 11.8. The summed E-state index contributed by atoms with van der Waals surface area (Å²) in [6, 6.07) is 7.86. The van der Waals surface area contributed by atoms with Crippen LogP contribution in [-0.4, -0.2) is 16.4 Å². The molecule has 2 N–H and O–H groups in total. The molecular weight excluding hydrogens is 238 g/mol. The lowest BCUT2D eigenvalue weighted by atomic mass is 10.1. The smallest absolute Gasteiger partial charge is 0.128 e. The van der Waals surface area contributed by atoms with Crippen molar-refractivity contribution in [3.05, 3.63) is 30.5 Å². The topological polar surface area (TPSA) is 53.1 Å². The van der Waals surface area contributed by atoms with Gasteiger partial charge in [0, 0.05) is 18.3 Å². The molecular formula is C15H21N3O. The summed E-state index contributed by atoms with van der Waals surface area (Å²) in [6.45, 7) is 7.78. The van der Waals surface area contributed by atoms with Crippen molar-refractivity contribution >= 4 is 5.69 Å². The molecule has 0 aliphatic heterocycles. The van der Waals surface area contributed by atoms with Gasteiger partial charge in [-0.05, 0) is 25.0 Å². The molecule has 19 heavy (non-hydrogen) atoms. The summed E-state index contributed by atoms with van der Waals surface area (Å²) in [4.78, 5) is 0. The third-order valence-electron chi connectivity index (χ3n) is 2.78. The minimum atomic E-state index is 0.536. The molecule has 1 aromatic carbocycles. The third-order valence-corrected chi connectivity index (χ3v) is 2.78. The normalized spacial score (nSPS) is 10.9. The maximum Gasteiger partial charge on any atom is 0.128 e. The predicted octanol–water partition coefficient (Wildman–Crippen LogP) is 3.19. The van der Waals surface area contributed by atoms with Crippen LogP contribution in [0.5, 0.6) is 5.75 Å². The van der Waals surface area contributed by atoms with Gasteiger partial charge in [-0.25, -0.2) is 0 Å². The van der Waals surface area contributed by atoms with E-state index in [4.69, 9.17) is 10.5 Å². The van der Waals surface area contributed by atoms with E-state index >= 15 is 0 Å². The average Bonchev–Trinajstić information content (AvgIpc) is 2.70. The van der Waals surface area contributed by atoms with Crippen molar-refractivity contribution in [3.63, 3.8) is 0 Å². The van der Waals surface area contributed by atoms with E-state index in [0.29, 0.717) is 18.2 Å². The number of nitrogen functional groups attached to an aromatic ring is 1. The quantitative estimate of drug-likeness (QED) is 0.897.